The van der Waals surface area contributed by atoms with Crippen LogP contribution in [-0.2, 0) is 9.53 Å². The predicted molar refractivity (Wildman–Crippen MR) is 63.7 cm³/mol. The summed E-state index contributed by atoms with van der Waals surface area (Å²) in [5.74, 6) is -0.194. The van der Waals surface area contributed by atoms with E-state index in [1.807, 2.05) is 13.8 Å². The van der Waals surface area contributed by atoms with Crippen LogP contribution in [0.3, 0.4) is 0 Å². The zero-order valence-electron chi connectivity index (χ0n) is 10.7. The Labute approximate surface area is 93.7 Å². The molecule has 0 bridgehead atoms. The standard InChI is InChI=1S/C13H24O2/c1-6-8-11(2)9-7-10-13(4,5)15-12(3)14/h8H,6-7,9-10H2,1-5H3/b11-8+. The summed E-state index contributed by atoms with van der Waals surface area (Å²) in [5.41, 5.74) is 1.11. The van der Waals surface area contributed by atoms with Gasteiger partial charge in [-0.3, -0.25) is 4.79 Å². The lowest BCUT2D eigenvalue weighted by Gasteiger charge is -2.24. The minimum atomic E-state index is -0.321. The highest BCUT2D eigenvalue weighted by Crippen LogP contribution is 2.20. The normalized spacial score (nSPS) is 12.7. The van der Waals surface area contributed by atoms with Gasteiger partial charge in [0.25, 0.3) is 0 Å². The van der Waals surface area contributed by atoms with Crippen LogP contribution in [0.25, 0.3) is 0 Å². The summed E-state index contributed by atoms with van der Waals surface area (Å²) in [6.45, 7) is 9.69. The summed E-state index contributed by atoms with van der Waals surface area (Å²) in [7, 11) is 0. The van der Waals surface area contributed by atoms with Crippen LogP contribution >= 0.6 is 0 Å². The highest BCUT2D eigenvalue weighted by atomic mass is 16.6. The van der Waals surface area contributed by atoms with Crippen molar-refractivity contribution < 1.29 is 9.53 Å². The molecule has 0 fully saturated rings. The van der Waals surface area contributed by atoms with Crippen molar-refractivity contribution in [3.05, 3.63) is 11.6 Å². The number of carbonyl (C=O) groups is 1. The molecule has 0 rings (SSSR count). The third-order valence-electron chi connectivity index (χ3n) is 2.32. The zero-order chi connectivity index (χ0) is 11.9. The van der Waals surface area contributed by atoms with Crippen molar-refractivity contribution >= 4 is 5.97 Å². The maximum Gasteiger partial charge on any atom is 0.303 e. The van der Waals surface area contributed by atoms with E-state index in [9.17, 15) is 4.79 Å². The van der Waals surface area contributed by atoms with Gasteiger partial charge in [0, 0.05) is 6.92 Å². The molecule has 0 aliphatic carbocycles. The van der Waals surface area contributed by atoms with Crippen LogP contribution < -0.4 is 0 Å². The first-order valence-electron chi connectivity index (χ1n) is 5.72. The van der Waals surface area contributed by atoms with E-state index in [1.165, 1.54) is 12.5 Å². The van der Waals surface area contributed by atoms with E-state index in [0.29, 0.717) is 0 Å². The highest BCUT2D eigenvalue weighted by molar-refractivity contribution is 5.66. The third kappa shape index (κ3) is 8.22. The summed E-state index contributed by atoms with van der Waals surface area (Å²) in [4.78, 5) is 10.8. The fourth-order valence-electron chi connectivity index (χ4n) is 1.68. The number of hydrogen-bond donors (Lipinski definition) is 0. The number of ether oxygens (including phenoxy) is 1. The first-order valence-corrected chi connectivity index (χ1v) is 5.72. The second kappa shape index (κ2) is 6.65. The predicted octanol–water partition coefficient (Wildman–Crippen LogP) is 3.85. The molecule has 0 aromatic rings. The van der Waals surface area contributed by atoms with Gasteiger partial charge in [-0.15, -0.1) is 0 Å². The minimum absolute atomic E-state index is 0.194. The van der Waals surface area contributed by atoms with Crippen molar-refractivity contribution in [2.24, 2.45) is 0 Å². The molecule has 0 saturated heterocycles. The number of hydrogen-bond acceptors (Lipinski definition) is 2. The molecular formula is C13H24O2. The Morgan fingerprint density at radius 1 is 1.33 bits per heavy atom. The lowest BCUT2D eigenvalue weighted by atomic mass is 9.99. The maximum absolute atomic E-state index is 10.8. The fourth-order valence-corrected chi connectivity index (χ4v) is 1.68. The van der Waals surface area contributed by atoms with Gasteiger partial charge in [0.1, 0.15) is 5.60 Å². The van der Waals surface area contributed by atoms with E-state index in [-0.39, 0.29) is 11.6 Å². The smallest absolute Gasteiger partial charge is 0.303 e. The molecule has 2 heteroatoms. The fraction of sp³-hybridized carbons (Fsp3) is 0.769. The molecule has 0 aromatic carbocycles. The quantitative estimate of drug-likeness (QED) is 0.493. The summed E-state index contributed by atoms with van der Waals surface area (Å²) in [6.07, 6.45) is 6.43. The molecule has 0 aliphatic rings. The molecule has 2 nitrogen and oxygen atoms in total. The van der Waals surface area contributed by atoms with Gasteiger partial charge in [-0.1, -0.05) is 18.6 Å². The van der Waals surface area contributed by atoms with Crippen LogP contribution in [0.15, 0.2) is 11.6 Å². The molecule has 0 aromatic heterocycles. The maximum atomic E-state index is 10.8. The molecule has 0 amide bonds. The summed E-state index contributed by atoms with van der Waals surface area (Å²) < 4.78 is 5.22. The molecule has 0 unspecified atom stereocenters. The van der Waals surface area contributed by atoms with Gasteiger partial charge < -0.3 is 4.74 Å². The van der Waals surface area contributed by atoms with Gasteiger partial charge >= 0.3 is 5.97 Å². The van der Waals surface area contributed by atoms with E-state index < -0.39 is 0 Å². The van der Waals surface area contributed by atoms with E-state index >= 15 is 0 Å². The van der Waals surface area contributed by atoms with Crippen molar-refractivity contribution in [2.45, 2.75) is 65.9 Å². The van der Waals surface area contributed by atoms with E-state index in [0.717, 1.165) is 25.7 Å². The van der Waals surface area contributed by atoms with Gasteiger partial charge in [-0.05, 0) is 46.5 Å². The summed E-state index contributed by atoms with van der Waals surface area (Å²) >= 11 is 0. The Morgan fingerprint density at radius 3 is 2.40 bits per heavy atom. The number of esters is 1. The van der Waals surface area contributed by atoms with Crippen LogP contribution in [0, 0.1) is 0 Å². The van der Waals surface area contributed by atoms with E-state index in [1.54, 1.807) is 0 Å². The van der Waals surface area contributed by atoms with Gasteiger partial charge in [0.05, 0.1) is 0 Å². The zero-order valence-corrected chi connectivity index (χ0v) is 10.7. The van der Waals surface area contributed by atoms with Crippen LogP contribution in [0.5, 0.6) is 0 Å². The Morgan fingerprint density at radius 2 is 1.93 bits per heavy atom. The van der Waals surface area contributed by atoms with Crippen LogP contribution in [-0.4, -0.2) is 11.6 Å². The molecule has 88 valence electrons. The number of allylic oxidation sites excluding steroid dienone is 2. The second-order valence-corrected chi connectivity index (χ2v) is 4.67. The molecule has 0 aliphatic heterocycles. The molecule has 0 saturated carbocycles. The lowest BCUT2D eigenvalue weighted by Crippen LogP contribution is -2.26. The molecule has 0 heterocycles. The van der Waals surface area contributed by atoms with Gasteiger partial charge in [-0.25, -0.2) is 0 Å². The monoisotopic (exact) mass is 212 g/mol. The van der Waals surface area contributed by atoms with E-state index in [2.05, 4.69) is 19.9 Å². The molecule has 0 N–H and O–H groups in total. The highest BCUT2D eigenvalue weighted by Gasteiger charge is 2.20. The van der Waals surface area contributed by atoms with Gasteiger partial charge in [0.15, 0.2) is 0 Å². The summed E-state index contributed by atoms with van der Waals surface area (Å²) in [5, 5.41) is 0. The molecule has 0 radical (unpaired) electrons. The SMILES string of the molecule is CC/C=C(\C)CCCC(C)(C)OC(C)=O. The average Bonchev–Trinajstić information content (AvgIpc) is 2.01. The molecule has 0 atom stereocenters. The summed E-state index contributed by atoms with van der Waals surface area (Å²) in [6, 6.07) is 0. The van der Waals surface area contributed by atoms with Crippen molar-refractivity contribution in [3.63, 3.8) is 0 Å². The van der Waals surface area contributed by atoms with Crippen molar-refractivity contribution in [1.29, 1.82) is 0 Å². The first kappa shape index (κ1) is 14.2. The van der Waals surface area contributed by atoms with Gasteiger partial charge in [0.2, 0.25) is 0 Å². The van der Waals surface area contributed by atoms with Crippen molar-refractivity contribution in [1.82, 2.24) is 0 Å². The first-order chi connectivity index (χ1) is 6.87. The minimum Gasteiger partial charge on any atom is -0.460 e. The van der Waals surface area contributed by atoms with Crippen molar-refractivity contribution in [3.8, 4) is 0 Å². The van der Waals surface area contributed by atoms with Crippen LogP contribution in [0.4, 0.5) is 0 Å². The Hall–Kier alpha value is -0.790. The van der Waals surface area contributed by atoms with E-state index in [4.69, 9.17) is 4.74 Å². The van der Waals surface area contributed by atoms with Gasteiger partial charge in [-0.2, -0.15) is 0 Å². The van der Waals surface area contributed by atoms with Crippen molar-refractivity contribution in [2.75, 3.05) is 0 Å². The van der Waals surface area contributed by atoms with Crippen LogP contribution in [0.1, 0.15) is 60.3 Å². The van der Waals surface area contributed by atoms with Crippen LogP contribution in [0.2, 0.25) is 0 Å². The Kier molecular flexibility index (Phi) is 6.30. The Bertz CT molecular complexity index is 227. The Balaban J connectivity index is 3.84. The molecule has 0 spiro atoms. The third-order valence-corrected chi connectivity index (χ3v) is 2.32. The second-order valence-electron chi connectivity index (χ2n) is 4.67. The lowest BCUT2D eigenvalue weighted by molar-refractivity contribution is -0.154. The number of carbonyl (C=O) groups excluding carboxylic acids is 1. The number of rotatable bonds is 6. The molecular weight excluding hydrogens is 188 g/mol. The largest absolute Gasteiger partial charge is 0.460 e. The topological polar surface area (TPSA) is 26.3 Å². The average molecular weight is 212 g/mol. The molecule has 15 heavy (non-hydrogen) atoms.